The Morgan fingerprint density at radius 3 is 2.16 bits per heavy atom. The number of amides is 1. The van der Waals surface area contributed by atoms with E-state index in [4.69, 9.17) is 5.73 Å². The minimum Gasteiger partial charge on any atom is -0.353 e. The third-order valence-corrected chi connectivity index (χ3v) is 5.00. The van der Waals surface area contributed by atoms with Gasteiger partial charge in [-0.05, 0) is 56.3 Å². The van der Waals surface area contributed by atoms with Crippen LogP contribution in [0.5, 0.6) is 0 Å². The molecule has 3 nitrogen and oxygen atoms in total. The molecule has 1 amide bonds. The van der Waals surface area contributed by atoms with Gasteiger partial charge in [0.25, 0.3) is 0 Å². The van der Waals surface area contributed by atoms with Crippen LogP contribution in [-0.4, -0.2) is 18.0 Å². The fourth-order valence-electron chi connectivity index (χ4n) is 3.50. The van der Waals surface area contributed by atoms with Gasteiger partial charge in [-0.25, -0.2) is 0 Å². The number of halogens is 1. The fourth-order valence-corrected chi connectivity index (χ4v) is 3.50. The van der Waals surface area contributed by atoms with Gasteiger partial charge in [-0.2, -0.15) is 0 Å². The first kappa shape index (κ1) is 15.1. The van der Waals surface area contributed by atoms with Crippen molar-refractivity contribution in [2.24, 2.45) is 23.5 Å². The first-order chi connectivity index (χ1) is 8.74. The van der Waals surface area contributed by atoms with Crippen LogP contribution in [0.3, 0.4) is 0 Å². The molecule has 3 aliphatic carbocycles. The van der Waals surface area contributed by atoms with Gasteiger partial charge in [0.05, 0.1) is 0 Å². The predicted octanol–water partition coefficient (Wildman–Crippen LogP) is 2.62. The first-order valence-electron chi connectivity index (χ1n) is 7.79. The van der Waals surface area contributed by atoms with Crippen molar-refractivity contribution in [1.82, 2.24) is 5.32 Å². The molecule has 0 heterocycles. The summed E-state index contributed by atoms with van der Waals surface area (Å²) in [7, 11) is 0. The summed E-state index contributed by atoms with van der Waals surface area (Å²) in [5.41, 5.74) is 6.12. The molecular weight excluding hydrogens is 260 g/mol. The molecule has 3 saturated carbocycles. The number of hydrogen-bond acceptors (Lipinski definition) is 2. The van der Waals surface area contributed by atoms with Crippen LogP contribution in [0.15, 0.2) is 0 Å². The van der Waals surface area contributed by atoms with Crippen molar-refractivity contribution in [3.8, 4) is 0 Å². The van der Waals surface area contributed by atoms with Crippen LogP contribution in [0, 0.1) is 17.8 Å². The van der Waals surface area contributed by atoms with Crippen molar-refractivity contribution in [1.29, 1.82) is 0 Å². The van der Waals surface area contributed by atoms with Gasteiger partial charge in [-0.3, -0.25) is 4.79 Å². The molecule has 2 unspecified atom stereocenters. The molecule has 3 rings (SSSR count). The number of rotatable bonds is 5. The van der Waals surface area contributed by atoms with Crippen LogP contribution in [0.4, 0.5) is 0 Å². The average molecular weight is 287 g/mol. The van der Waals surface area contributed by atoms with Crippen LogP contribution < -0.4 is 11.1 Å². The maximum Gasteiger partial charge on any atom is 0.220 e. The molecular formula is C15H27ClN2O. The van der Waals surface area contributed by atoms with Crippen LogP contribution >= 0.6 is 12.4 Å². The smallest absolute Gasteiger partial charge is 0.220 e. The van der Waals surface area contributed by atoms with Crippen LogP contribution in [-0.2, 0) is 4.79 Å². The second-order valence-electron chi connectivity index (χ2n) is 6.68. The highest BCUT2D eigenvalue weighted by Gasteiger charge is 2.42. The molecule has 0 aromatic carbocycles. The topological polar surface area (TPSA) is 55.1 Å². The molecule has 110 valence electrons. The molecule has 19 heavy (non-hydrogen) atoms. The van der Waals surface area contributed by atoms with Crippen molar-refractivity contribution < 1.29 is 4.79 Å². The Morgan fingerprint density at radius 2 is 1.63 bits per heavy atom. The molecule has 0 aromatic rings. The number of hydrogen-bond donors (Lipinski definition) is 2. The van der Waals surface area contributed by atoms with Gasteiger partial charge < -0.3 is 11.1 Å². The molecule has 0 aromatic heterocycles. The maximum absolute atomic E-state index is 12.2. The molecule has 0 bridgehead atoms. The first-order valence-corrected chi connectivity index (χ1v) is 7.79. The summed E-state index contributed by atoms with van der Waals surface area (Å²) in [6.45, 7) is 0. The fraction of sp³-hybridized carbons (Fsp3) is 0.933. The SMILES string of the molecule is Cl.NC1CCCCC1CC(=O)NC(C1CC1)C1CC1. The predicted molar refractivity (Wildman–Crippen MR) is 79.2 cm³/mol. The van der Waals surface area contributed by atoms with Gasteiger partial charge in [0, 0.05) is 18.5 Å². The number of carbonyl (C=O) groups is 1. The lowest BCUT2D eigenvalue weighted by molar-refractivity contribution is -0.123. The van der Waals surface area contributed by atoms with Crippen molar-refractivity contribution in [2.45, 2.75) is 69.9 Å². The average Bonchev–Trinajstić information content (AvgIpc) is 3.22. The molecule has 0 aliphatic heterocycles. The van der Waals surface area contributed by atoms with Gasteiger partial charge in [-0.1, -0.05) is 12.8 Å². The summed E-state index contributed by atoms with van der Waals surface area (Å²) in [4.78, 5) is 12.2. The van der Waals surface area contributed by atoms with Gasteiger partial charge in [0.2, 0.25) is 5.91 Å². The number of nitrogens with two attached hydrogens (primary N) is 1. The summed E-state index contributed by atoms with van der Waals surface area (Å²) >= 11 is 0. The largest absolute Gasteiger partial charge is 0.353 e. The van der Waals surface area contributed by atoms with Crippen molar-refractivity contribution >= 4 is 18.3 Å². The third kappa shape index (κ3) is 4.09. The monoisotopic (exact) mass is 286 g/mol. The van der Waals surface area contributed by atoms with Gasteiger partial charge in [0.1, 0.15) is 0 Å². The Bertz CT molecular complexity index is 303. The number of carbonyl (C=O) groups excluding carboxylic acids is 1. The lowest BCUT2D eigenvalue weighted by Gasteiger charge is -2.28. The van der Waals surface area contributed by atoms with Crippen molar-refractivity contribution in [3.05, 3.63) is 0 Å². The summed E-state index contributed by atoms with van der Waals surface area (Å²) in [6.07, 6.45) is 10.7. The highest BCUT2D eigenvalue weighted by Crippen LogP contribution is 2.44. The van der Waals surface area contributed by atoms with Gasteiger partial charge in [-0.15, -0.1) is 12.4 Å². The molecule has 4 heteroatoms. The van der Waals surface area contributed by atoms with E-state index in [0.29, 0.717) is 18.4 Å². The van der Waals surface area contributed by atoms with E-state index in [1.165, 1.54) is 38.5 Å². The Kier molecular flexibility index (Phi) is 5.13. The summed E-state index contributed by atoms with van der Waals surface area (Å²) in [5.74, 6) is 2.28. The van der Waals surface area contributed by atoms with E-state index >= 15 is 0 Å². The Morgan fingerprint density at radius 1 is 1.05 bits per heavy atom. The molecule has 0 radical (unpaired) electrons. The van der Waals surface area contributed by atoms with Crippen LogP contribution in [0.1, 0.15) is 57.8 Å². The van der Waals surface area contributed by atoms with E-state index in [2.05, 4.69) is 5.32 Å². The summed E-state index contributed by atoms with van der Waals surface area (Å²) in [6, 6.07) is 0.752. The van der Waals surface area contributed by atoms with Gasteiger partial charge >= 0.3 is 0 Å². The Hall–Kier alpha value is -0.280. The molecule has 3 aliphatic rings. The van der Waals surface area contributed by atoms with Crippen LogP contribution in [0.25, 0.3) is 0 Å². The van der Waals surface area contributed by atoms with E-state index < -0.39 is 0 Å². The lowest BCUT2D eigenvalue weighted by atomic mass is 9.83. The summed E-state index contributed by atoms with van der Waals surface area (Å²) in [5, 5.41) is 3.31. The van der Waals surface area contributed by atoms with E-state index in [9.17, 15) is 4.79 Å². The molecule has 3 N–H and O–H groups in total. The zero-order chi connectivity index (χ0) is 12.5. The van der Waals surface area contributed by atoms with E-state index in [1.54, 1.807) is 0 Å². The second kappa shape index (κ2) is 6.45. The zero-order valence-electron chi connectivity index (χ0n) is 11.6. The summed E-state index contributed by atoms with van der Waals surface area (Å²) < 4.78 is 0. The Balaban J connectivity index is 0.00000133. The number of nitrogens with one attached hydrogen (secondary N) is 1. The van der Waals surface area contributed by atoms with Crippen molar-refractivity contribution in [2.75, 3.05) is 0 Å². The minimum atomic E-state index is 0. The van der Waals surface area contributed by atoms with E-state index in [0.717, 1.165) is 24.7 Å². The minimum absolute atomic E-state index is 0. The van der Waals surface area contributed by atoms with E-state index in [-0.39, 0.29) is 24.4 Å². The Labute approximate surface area is 122 Å². The third-order valence-electron chi connectivity index (χ3n) is 5.00. The zero-order valence-corrected chi connectivity index (χ0v) is 12.5. The van der Waals surface area contributed by atoms with Crippen LogP contribution in [0.2, 0.25) is 0 Å². The molecule has 2 atom stereocenters. The highest BCUT2D eigenvalue weighted by molar-refractivity contribution is 5.85. The highest BCUT2D eigenvalue weighted by atomic mass is 35.5. The molecule has 0 spiro atoms. The molecule has 0 saturated heterocycles. The maximum atomic E-state index is 12.2. The van der Waals surface area contributed by atoms with E-state index in [1.807, 2.05) is 0 Å². The van der Waals surface area contributed by atoms with Gasteiger partial charge in [0.15, 0.2) is 0 Å². The molecule has 3 fully saturated rings. The van der Waals surface area contributed by atoms with Crippen molar-refractivity contribution in [3.63, 3.8) is 0 Å². The second-order valence-corrected chi connectivity index (χ2v) is 6.68. The quantitative estimate of drug-likeness (QED) is 0.816. The standard InChI is InChI=1S/C15H26N2O.ClH/c16-13-4-2-1-3-12(13)9-14(18)17-15(10-5-6-10)11-7-8-11;/h10-13,15H,1-9,16H2,(H,17,18);1H. The normalized spacial score (nSPS) is 30.8. The lowest BCUT2D eigenvalue weighted by Crippen LogP contribution is -2.42.